The van der Waals surface area contributed by atoms with Gasteiger partial charge in [0.15, 0.2) is 0 Å². The zero-order valence-electron chi connectivity index (χ0n) is 9.84. The lowest BCUT2D eigenvalue weighted by Crippen LogP contribution is -2.38. The molecule has 1 aromatic rings. The van der Waals surface area contributed by atoms with E-state index in [-0.39, 0.29) is 11.9 Å². The average Bonchev–Trinajstić information content (AvgIpc) is 2.29. The molecule has 0 aliphatic carbocycles. The van der Waals surface area contributed by atoms with E-state index in [4.69, 9.17) is 5.73 Å². The van der Waals surface area contributed by atoms with E-state index in [1.807, 2.05) is 13.8 Å². The highest BCUT2D eigenvalue weighted by Gasteiger charge is 2.20. The number of hydrogen-bond acceptors (Lipinski definition) is 2. The Balaban J connectivity index is 2.97. The topological polar surface area (TPSA) is 55.1 Å². The lowest BCUT2D eigenvalue weighted by Gasteiger charge is -2.20. The van der Waals surface area contributed by atoms with Crippen molar-refractivity contribution < 1.29 is 9.18 Å². The Kier molecular flexibility index (Phi) is 5.08. The van der Waals surface area contributed by atoms with Gasteiger partial charge in [-0.2, -0.15) is 0 Å². The van der Waals surface area contributed by atoms with Crippen LogP contribution in [0.1, 0.15) is 31.9 Å². The molecule has 0 saturated heterocycles. The maximum atomic E-state index is 13.1. The largest absolute Gasteiger partial charge is 0.368 e. The second-order valence-electron chi connectivity index (χ2n) is 3.98. The molecule has 0 aliphatic rings. The van der Waals surface area contributed by atoms with E-state index in [1.165, 1.54) is 6.07 Å². The van der Waals surface area contributed by atoms with Crippen molar-refractivity contribution in [2.24, 2.45) is 5.73 Å². The van der Waals surface area contributed by atoms with Gasteiger partial charge >= 0.3 is 0 Å². The first-order valence-electron chi connectivity index (χ1n) is 5.46. The minimum absolute atomic E-state index is 0.163. The van der Waals surface area contributed by atoms with Gasteiger partial charge < -0.3 is 5.73 Å². The van der Waals surface area contributed by atoms with E-state index in [0.29, 0.717) is 10.0 Å². The number of hydrogen-bond donors (Lipinski definition) is 2. The molecule has 1 aromatic carbocycles. The SMILES string of the molecule is CCC(C)NC(C(N)=O)c1ccc(F)c(Br)c1. The first-order chi connectivity index (χ1) is 7.95. The Morgan fingerprint density at radius 1 is 1.59 bits per heavy atom. The van der Waals surface area contributed by atoms with E-state index < -0.39 is 11.9 Å². The zero-order chi connectivity index (χ0) is 13.0. The van der Waals surface area contributed by atoms with E-state index in [2.05, 4.69) is 21.2 Å². The molecule has 0 fully saturated rings. The molecule has 5 heteroatoms. The highest BCUT2D eigenvalue weighted by molar-refractivity contribution is 9.10. The molecule has 2 unspecified atom stereocenters. The number of primary amides is 1. The van der Waals surface area contributed by atoms with Crippen LogP contribution in [0.5, 0.6) is 0 Å². The Labute approximate surface area is 109 Å². The number of amides is 1. The predicted octanol–water partition coefficient (Wildman–Crippen LogP) is 2.50. The van der Waals surface area contributed by atoms with Crippen LogP contribution in [0.15, 0.2) is 22.7 Å². The van der Waals surface area contributed by atoms with Crippen molar-refractivity contribution in [3.8, 4) is 0 Å². The van der Waals surface area contributed by atoms with Crippen LogP contribution in [0.4, 0.5) is 4.39 Å². The van der Waals surface area contributed by atoms with E-state index >= 15 is 0 Å². The first-order valence-corrected chi connectivity index (χ1v) is 6.25. The van der Waals surface area contributed by atoms with Gasteiger partial charge in [0.25, 0.3) is 0 Å². The van der Waals surface area contributed by atoms with E-state index in [0.717, 1.165) is 6.42 Å². The second kappa shape index (κ2) is 6.12. The molecule has 0 spiro atoms. The van der Waals surface area contributed by atoms with Gasteiger partial charge in [-0.25, -0.2) is 4.39 Å². The van der Waals surface area contributed by atoms with Crippen LogP contribution in [0.2, 0.25) is 0 Å². The van der Waals surface area contributed by atoms with Gasteiger partial charge in [-0.15, -0.1) is 0 Å². The van der Waals surface area contributed by atoms with Crippen molar-refractivity contribution in [1.29, 1.82) is 0 Å². The van der Waals surface area contributed by atoms with Crippen LogP contribution in [-0.4, -0.2) is 11.9 Å². The molecular formula is C12H16BrFN2O. The lowest BCUT2D eigenvalue weighted by molar-refractivity contribution is -0.120. The molecule has 0 saturated carbocycles. The molecule has 17 heavy (non-hydrogen) atoms. The summed E-state index contributed by atoms with van der Waals surface area (Å²) in [6.45, 7) is 3.98. The molecule has 94 valence electrons. The standard InChI is InChI=1S/C12H16BrFN2O/c1-3-7(2)16-11(12(15)17)8-4-5-10(14)9(13)6-8/h4-7,11,16H,3H2,1-2H3,(H2,15,17). The van der Waals surface area contributed by atoms with Crippen LogP contribution in [-0.2, 0) is 4.79 Å². The summed E-state index contributed by atoms with van der Waals surface area (Å²) in [7, 11) is 0. The number of nitrogens with one attached hydrogen (secondary N) is 1. The van der Waals surface area contributed by atoms with Gasteiger partial charge in [-0.05, 0) is 47.0 Å². The third-order valence-corrected chi connectivity index (χ3v) is 3.23. The summed E-state index contributed by atoms with van der Waals surface area (Å²) in [6.07, 6.45) is 0.881. The molecule has 1 rings (SSSR count). The molecule has 0 radical (unpaired) electrons. The quantitative estimate of drug-likeness (QED) is 0.878. The smallest absolute Gasteiger partial charge is 0.239 e. The molecule has 3 nitrogen and oxygen atoms in total. The maximum Gasteiger partial charge on any atom is 0.239 e. The number of carbonyl (C=O) groups is 1. The molecule has 0 bridgehead atoms. The second-order valence-corrected chi connectivity index (χ2v) is 4.84. The minimum atomic E-state index is -0.596. The number of halogens is 2. The van der Waals surface area contributed by atoms with Crippen LogP contribution < -0.4 is 11.1 Å². The molecule has 0 aromatic heterocycles. The highest BCUT2D eigenvalue weighted by atomic mass is 79.9. The van der Waals surface area contributed by atoms with Crippen molar-refractivity contribution >= 4 is 21.8 Å². The monoisotopic (exact) mass is 302 g/mol. The lowest BCUT2D eigenvalue weighted by atomic mass is 10.0. The summed E-state index contributed by atoms with van der Waals surface area (Å²) in [4.78, 5) is 11.4. The summed E-state index contributed by atoms with van der Waals surface area (Å²) >= 11 is 3.09. The molecule has 2 atom stereocenters. The normalized spacial score (nSPS) is 14.4. The third-order valence-electron chi connectivity index (χ3n) is 2.63. The van der Waals surface area contributed by atoms with Crippen molar-refractivity contribution in [3.05, 3.63) is 34.1 Å². The van der Waals surface area contributed by atoms with Crippen LogP contribution >= 0.6 is 15.9 Å². The third kappa shape index (κ3) is 3.78. The van der Waals surface area contributed by atoms with Gasteiger partial charge in [-0.1, -0.05) is 13.0 Å². The maximum absolute atomic E-state index is 13.1. The Hall–Kier alpha value is -0.940. The number of benzene rings is 1. The van der Waals surface area contributed by atoms with Gasteiger partial charge in [-0.3, -0.25) is 10.1 Å². The molecule has 3 N–H and O–H groups in total. The summed E-state index contributed by atoms with van der Waals surface area (Å²) in [5.74, 6) is -0.829. The Morgan fingerprint density at radius 3 is 2.71 bits per heavy atom. The highest BCUT2D eigenvalue weighted by Crippen LogP contribution is 2.21. The van der Waals surface area contributed by atoms with Crippen molar-refractivity contribution in [1.82, 2.24) is 5.32 Å². The molecule has 0 aliphatic heterocycles. The van der Waals surface area contributed by atoms with Crippen LogP contribution in [0, 0.1) is 5.82 Å². The van der Waals surface area contributed by atoms with Crippen molar-refractivity contribution in [2.45, 2.75) is 32.4 Å². The van der Waals surface area contributed by atoms with Crippen LogP contribution in [0.3, 0.4) is 0 Å². The minimum Gasteiger partial charge on any atom is -0.368 e. The summed E-state index contributed by atoms with van der Waals surface area (Å²) in [5, 5.41) is 3.11. The average molecular weight is 303 g/mol. The fraction of sp³-hybridized carbons (Fsp3) is 0.417. The summed E-state index contributed by atoms with van der Waals surface area (Å²) in [6, 6.07) is 4.01. The molecule has 1 amide bonds. The van der Waals surface area contributed by atoms with Crippen molar-refractivity contribution in [3.63, 3.8) is 0 Å². The van der Waals surface area contributed by atoms with Crippen molar-refractivity contribution in [2.75, 3.05) is 0 Å². The fourth-order valence-electron chi connectivity index (χ4n) is 1.44. The summed E-state index contributed by atoms with van der Waals surface area (Å²) in [5.41, 5.74) is 6.01. The Morgan fingerprint density at radius 2 is 2.24 bits per heavy atom. The zero-order valence-corrected chi connectivity index (χ0v) is 11.4. The van der Waals surface area contributed by atoms with E-state index in [1.54, 1.807) is 12.1 Å². The van der Waals surface area contributed by atoms with Gasteiger partial charge in [0, 0.05) is 6.04 Å². The van der Waals surface area contributed by atoms with Gasteiger partial charge in [0.2, 0.25) is 5.91 Å². The number of rotatable bonds is 5. The van der Waals surface area contributed by atoms with Crippen LogP contribution in [0.25, 0.3) is 0 Å². The summed E-state index contributed by atoms with van der Waals surface area (Å²) < 4.78 is 13.4. The first kappa shape index (κ1) is 14.1. The molecule has 0 heterocycles. The number of nitrogens with two attached hydrogens (primary N) is 1. The predicted molar refractivity (Wildman–Crippen MR) is 68.9 cm³/mol. The Bertz CT molecular complexity index is 411. The fourth-order valence-corrected chi connectivity index (χ4v) is 1.83. The molecular weight excluding hydrogens is 287 g/mol. The number of carbonyl (C=O) groups excluding carboxylic acids is 1. The van der Waals surface area contributed by atoms with E-state index in [9.17, 15) is 9.18 Å². The van der Waals surface area contributed by atoms with Gasteiger partial charge in [0.05, 0.1) is 4.47 Å². The van der Waals surface area contributed by atoms with Gasteiger partial charge in [0.1, 0.15) is 11.9 Å².